The zero-order valence-electron chi connectivity index (χ0n) is 24.4. The van der Waals surface area contributed by atoms with E-state index < -0.39 is 73.7 Å². The van der Waals surface area contributed by atoms with Gasteiger partial charge in [0, 0.05) is 16.5 Å². The first-order valence-corrected chi connectivity index (χ1v) is 17.1. The van der Waals surface area contributed by atoms with Crippen LogP contribution < -0.4 is 29.7 Å². The monoisotopic (exact) mass is 720 g/mol. The number of sulfonamides is 1. The molecule has 3 heterocycles. The number of hydrogen-bond donors (Lipinski definition) is 3. The Hall–Kier alpha value is -4.65. The van der Waals surface area contributed by atoms with E-state index in [0.717, 1.165) is 41.3 Å². The second kappa shape index (κ2) is 12.4. The van der Waals surface area contributed by atoms with Gasteiger partial charge in [-0.1, -0.05) is 41.3 Å². The minimum Gasteiger partial charge on any atom is -0.493 e. The molecule has 4 N–H and O–H groups in total. The van der Waals surface area contributed by atoms with E-state index in [-0.39, 0.29) is 22.1 Å². The van der Waals surface area contributed by atoms with Crippen LogP contribution in [0, 0.1) is 5.92 Å². The summed E-state index contributed by atoms with van der Waals surface area (Å²) >= 11 is 1.75. The Morgan fingerprint density at radius 3 is 2.40 bits per heavy atom. The predicted molar refractivity (Wildman–Crippen MR) is 169 cm³/mol. The number of benzene rings is 3. The van der Waals surface area contributed by atoms with Gasteiger partial charge in [-0.05, 0) is 54.1 Å². The Balaban J connectivity index is 1.28. The lowest BCUT2D eigenvalue weighted by Gasteiger charge is -2.30. The molecule has 1 saturated heterocycles. The predicted octanol–water partition coefficient (Wildman–Crippen LogP) is 3.92. The van der Waals surface area contributed by atoms with Crippen molar-refractivity contribution in [3.63, 3.8) is 0 Å². The number of fused-ring (bicyclic) bond motifs is 2. The van der Waals surface area contributed by atoms with Gasteiger partial charge in [-0.2, -0.15) is 13.2 Å². The number of carbonyl (C=O) groups is 3. The van der Waals surface area contributed by atoms with E-state index in [1.54, 1.807) is 6.07 Å². The number of H-pyrrole nitrogens is 1. The molecule has 250 valence electrons. The van der Waals surface area contributed by atoms with Gasteiger partial charge in [0.15, 0.2) is 18.1 Å². The van der Waals surface area contributed by atoms with Crippen LogP contribution in [0.15, 0.2) is 81.4 Å². The van der Waals surface area contributed by atoms with Crippen molar-refractivity contribution in [3.8, 4) is 11.5 Å². The number of imide groups is 1. The number of alkyl halides is 3. The molecule has 3 aromatic carbocycles. The maximum Gasteiger partial charge on any atom is 0.418 e. The third-order valence-corrected chi connectivity index (χ3v) is 11.0. The number of thiazole rings is 1. The summed E-state index contributed by atoms with van der Waals surface area (Å²) in [5.41, 5.74) is -1.02. The molecule has 2 unspecified atom stereocenters. The largest absolute Gasteiger partial charge is 0.493 e. The first-order valence-electron chi connectivity index (χ1n) is 13.8. The standard InChI is InChI=1S/C30H23F3N4O8S3/c1-44-20-12-14(6-11-19(20)45-13-21(38)35-15-7-9-16(10-8-15)48(34,42)43)22-23-25(46-26-24(22)47-29(41)36-26)28(40)37(27(23)39)18-5-3-2-4-17(18)30(31,32)33/h2-12,22-23,25H,13H2,1H3,(H,35,38)(H,36,41)(H2,34,42,43)/t22-,23?,25?/m1/s1. The number of halogens is 3. The van der Waals surface area contributed by atoms with Crippen LogP contribution in [-0.2, 0) is 30.6 Å². The smallest absolute Gasteiger partial charge is 0.418 e. The van der Waals surface area contributed by atoms with E-state index >= 15 is 0 Å². The number of carbonyl (C=O) groups excluding carboxylic acids is 3. The fraction of sp³-hybridized carbons (Fsp3) is 0.200. The molecule has 0 aliphatic carbocycles. The lowest BCUT2D eigenvalue weighted by atomic mass is 9.83. The molecular formula is C30H23F3N4O8S3. The van der Waals surface area contributed by atoms with Crippen LogP contribution in [-0.4, -0.2) is 50.1 Å². The van der Waals surface area contributed by atoms with Crippen molar-refractivity contribution in [2.45, 2.75) is 27.3 Å². The van der Waals surface area contributed by atoms with Crippen molar-refractivity contribution in [1.29, 1.82) is 0 Å². The highest BCUT2D eigenvalue weighted by Gasteiger charge is 2.57. The van der Waals surface area contributed by atoms with Crippen molar-refractivity contribution in [3.05, 3.63) is 92.4 Å². The lowest BCUT2D eigenvalue weighted by Crippen LogP contribution is -2.33. The van der Waals surface area contributed by atoms with Crippen molar-refractivity contribution in [2.24, 2.45) is 11.1 Å². The number of nitrogens with zero attached hydrogens (tertiary/aromatic N) is 1. The Labute approximate surface area is 278 Å². The Morgan fingerprint density at radius 2 is 1.73 bits per heavy atom. The Morgan fingerprint density at radius 1 is 1.02 bits per heavy atom. The average Bonchev–Trinajstić information content (AvgIpc) is 3.53. The summed E-state index contributed by atoms with van der Waals surface area (Å²) in [4.78, 5) is 55.7. The minimum atomic E-state index is -4.83. The third-order valence-electron chi connectivity index (χ3n) is 7.65. The molecule has 1 fully saturated rings. The van der Waals surface area contributed by atoms with Gasteiger partial charge < -0.3 is 19.8 Å². The molecule has 2 aliphatic heterocycles. The van der Waals surface area contributed by atoms with Crippen LogP contribution in [0.4, 0.5) is 24.5 Å². The molecule has 0 spiro atoms. The van der Waals surface area contributed by atoms with Crippen molar-refractivity contribution < 1.29 is 45.4 Å². The number of rotatable bonds is 8. The number of primary sulfonamides is 1. The molecule has 12 nitrogen and oxygen atoms in total. The maximum atomic E-state index is 14.0. The number of anilines is 2. The fourth-order valence-corrected chi connectivity index (χ4v) is 8.62. The number of nitrogens with one attached hydrogen (secondary N) is 2. The van der Waals surface area contributed by atoms with Gasteiger partial charge in [-0.15, -0.1) is 0 Å². The second-order valence-electron chi connectivity index (χ2n) is 10.6. The van der Waals surface area contributed by atoms with E-state index in [2.05, 4.69) is 10.3 Å². The van der Waals surface area contributed by atoms with Crippen LogP contribution in [0.2, 0.25) is 0 Å². The molecule has 48 heavy (non-hydrogen) atoms. The average molecular weight is 721 g/mol. The summed E-state index contributed by atoms with van der Waals surface area (Å²) < 4.78 is 75.8. The third kappa shape index (κ3) is 6.18. The fourth-order valence-electron chi connectivity index (χ4n) is 5.59. The highest BCUT2D eigenvalue weighted by atomic mass is 32.2. The molecule has 2 aliphatic rings. The van der Waals surface area contributed by atoms with Crippen molar-refractivity contribution >= 4 is 62.2 Å². The van der Waals surface area contributed by atoms with Crippen molar-refractivity contribution in [2.75, 3.05) is 23.9 Å². The van der Waals surface area contributed by atoms with E-state index in [9.17, 15) is 40.8 Å². The van der Waals surface area contributed by atoms with Gasteiger partial charge >= 0.3 is 11.0 Å². The zero-order valence-corrected chi connectivity index (χ0v) is 26.9. The number of aromatic amines is 1. The summed E-state index contributed by atoms with van der Waals surface area (Å²) in [5.74, 6) is -4.10. The Bertz CT molecular complexity index is 2120. The molecule has 3 amide bonds. The maximum absolute atomic E-state index is 14.0. The van der Waals surface area contributed by atoms with Crippen LogP contribution in [0.1, 0.15) is 21.9 Å². The summed E-state index contributed by atoms with van der Waals surface area (Å²) in [5, 5.41) is 6.83. The quantitative estimate of drug-likeness (QED) is 0.228. The normalized spacial score (nSPS) is 19.1. The molecule has 6 rings (SSSR count). The molecule has 1 aromatic heterocycles. The topological polar surface area (TPSA) is 178 Å². The number of ether oxygens (including phenoxy) is 2. The molecule has 4 aromatic rings. The number of amides is 3. The lowest BCUT2D eigenvalue weighted by molar-refractivity contribution is -0.137. The van der Waals surface area contributed by atoms with Crippen LogP contribution in [0.25, 0.3) is 0 Å². The molecule has 0 saturated carbocycles. The summed E-state index contributed by atoms with van der Waals surface area (Å²) in [6, 6.07) is 14.0. The van der Waals surface area contributed by atoms with Crippen molar-refractivity contribution in [1.82, 2.24) is 4.98 Å². The Kier molecular flexibility index (Phi) is 8.61. The molecule has 3 atom stereocenters. The number of para-hydroxylation sites is 1. The van der Waals surface area contributed by atoms with E-state index in [0.29, 0.717) is 20.4 Å². The second-order valence-corrected chi connectivity index (χ2v) is 14.3. The number of aromatic nitrogens is 1. The number of hydrogen-bond acceptors (Lipinski definition) is 10. The van der Waals surface area contributed by atoms with Crippen LogP contribution >= 0.6 is 23.1 Å². The van der Waals surface area contributed by atoms with E-state index in [4.69, 9.17) is 14.6 Å². The highest BCUT2D eigenvalue weighted by Crippen LogP contribution is 2.54. The van der Waals surface area contributed by atoms with Gasteiger partial charge in [0.1, 0.15) is 5.25 Å². The van der Waals surface area contributed by atoms with Gasteiger partial charge in [-0.3, -0.25) is 19.2 Å². The van der Waals surface area contributed by atoms with E-state index in [1.165, 1.54) is 49.6 Å². The van der Waals surface area contributed by atoms with Gasteiger partial charge in [0.05, 0.1) is 34.2 Å². The summed E-state index contributed by atoms with van der Waals surface area (Å²) in [6.07, 6.45) is -4.83. The zero-order chi connectivity index (χ0) is 34.5. The first kappa shape index (κ1) is 33.3. The molecular weight excluding hydrogens is 698 g/mol. The highest BCUT2D eigenvalue weighted by molar-refractivity contribution is 8.00. The molecule has 0 radical (unpaired) electrons. The summed E-state index contributed by atoms with van der Waals surface area (Å²) in [6.45, 7) is -0.485. The SMILES string of the molecule is COc1cc([C@H]2c3sc(=O)[nH]c3SC3C(=O)N(c4ccccc4C(F)(F)F)C(=O)C32)ccc1OCC(=O)Nc1ccc(S(N)(=O)=O)cc1. The van der Waals surface area contributed by atoms with Gasteiger partial charge in [0.25, 0.3) is 5.91 Å². The van der Waals surface area contributed by atoms with E-state index in [1.807, 2.05) is 0 Å². The van der Waals surface area contributed by atoms with Gasteiger partial charge in [-0.25, -0.2) is 18.5 Å². The molecule has 0 bridgehead atoms. The van der Waals surface area contributed by atoms with Crippen LogP contribution in [0.3, 0.4) is 0 Å². The number of methoxy groups -OCH3 is 1. The number of thioether (sulfide) groups is 1. The van der Waals surface area contributed by atoms with Crippen LogP contribution in [0.5, 0.6) is 11.5 Å². The first-order chi connectivity index (χ1) is 22.7. The molecule has 18 heteroatoms. The summed E-state index contributed by atoms with van der Waals surface area (Å²) in [7, 11) is -2.58. The van der Waals surface area contributed by atoms with Gasteiger partial charge in [0.2, 0.25) is 21.8 Å². The number of nitrogens with two attached hydrogens (primary N) is 1. The minimum absolute atomic E-state index is 0.125.